The molecule has 0 unspecified atom stereocenters. The average molecular weight is 329 g/mol. The number of rotatable bonds is 6. The zero-order valence-corrected chi connectivity index (χ0v) is 13.2. The summed E-state index contributed by atoms with van der Waals surface area (Å²) in [5.74, 6) is 4.83. The van der Waals surface area contributed by atoms with Crippen LogP contribution < -0.4 is 11.3 Å². The number of halogens is 1. The Bertz CT molecular complexity index is 437. The fraction of sp³-hybridized carbons (Fsp3) is 0.462. The lowest BCUT2D eigenvalue weighted by Crippen LogP contribution is -2.30. The molecule has 0 aliphatic carbocycles. The lowest BCUT2D eigenvalue weighted by Gasteiger charge is -2.20. The Kier molecular flexibility index (Phi) is 6.44. The summed E-state index contributed by atoms with van der Waals surface area (Å²) in [7, 11) is 6.20. The van der Waals surface area contributed by atoms with Crippen LogP contribution in [0.2, 0.25) is 0 Å². The van der Waals surface area contributed by atoms with E-state index < -0.39 is 0 Å². The highest BCUT2D eigenvalue weighted by Crippen LogP contribution is 2.20. The Hall–Kier alpha value is -0.950. The van der Waals surface area contributed by atoms with Crippen molar-refractivity contribution >= 4 is 21.8 Å². The molecule has 0 bridgehead atoms. The fourth-order valence-corrected chi connectivity index (χ4v) is 2.14. The van der Waals surface area contributed by atoms with Gasteiger partial charge < -0.3 is 9.80 Å². The van der Waals surface area contributed by atoms with E-state index in [1.165, 1.54) is 0 Å². The predicted octanol–water partition coefficient (Wildman–Crippen LogP) is 1.05. The van der Waals surface area contributed by atoms with E-state index in [4.69, 9.17) is 5.84 Å². The molecule has 1 amide bonds. The lowest BCUT2D eigenvalue weighted by atomic mass is 10.1. The van der Waals surface area contributed by atoms with Crippen molar-refractivity contribution in [3.8, 4) is 0 Å². The van der Waals surface area contributed by atoms with Crippen LogP contribution in [0.1, 0.15) is 15.9 Å². The van der Waals surface area contributed by atoms with Crippen molar-refractivity contribution < 1.29 is 4.79 Å². The van der Waals surface area contributed by atoms with Gasteiger partial charge in [0.1, 0.15) is 0 Å². The molecule has 0 atom stereocenters. The molecule has 0 aromatic heterocycles. The SMILES string of the molecule is CN(C)CCN(C)Cc1ccc(C(=O)NN)cc1Br. The highest BCUT2D eigenvalue weighted by atomic mass is 79.9. The Morgan fingerprint density at radius 3 is 2.53 bits per heavy atom. The van der Waals surface area contributed by atoms with Gasteiger partial charge in [-0.2, -0.15) is 0 Å². The topological polar surface area (TPSA) is 61.6 Å². The molecule has 0 spiro atoms. The molecule has 6 heteroatoms. The number of amides is 1. The molecule has 0 aliphatic rings. The predicted molar refractivity (Wildman–Crippen MR) is 80.7 cm³/mol. The molecule has 0 heterocycles. The summed E-state index contributed by atoms with van der Waals surface area (Å²) in [4.78, 5) is 15.8. The van der Waals surface area contributed by atoms with E-state index in [2.05, 4.69) is 52.3 Å². The van der Waals surface area contributed by atoms with E-state index in [-0.39, 0.29) is 5.91 Å². The van der Waals surface area contributed by atoms with Crippen LogP contribution in [-0.2, 0) is 6.54 Å². The molecule has 1 rings (SSSR count). The molecule has 1 aromatic rings. The first-order valence-corrected chi connectivity index (χ1v) is 6.86. The van der Waals surface area contributed by atoms with Crippen LogP contribution in [0.15, 0.2) is 22.7 Å². The van der Waals surface area contributed by atoms with Crippen molar-refractivity contribution in [1.29, 1.82) is 0 Å². The minimum absolute atomic E-state index is 0.284. The molecule has 19 heavy (non-hydrogen) atoms. The number of hydrogen-bond donors (Lipinski definition) is 2. The number of benzene rings is 1. The highest BCUT2D eigenvalue weighted by Gasteiger charge is 2.09. The van der Waals surface area contributed by atoms with Crippen LogP contribution in [0.3, 0.4) is 0 Å². The van der Waals surface area contributed by atoms with Crippen molar-refractivity contribution in [2.75, 3.05) is 34.2 Å². The fourth-order valence-electron chi connectivity index (χ4n) is 1.64. The summed E-state index contributed by atoms with van der Waals surface area (Å²) in [6.45, 7) is 2.84. The van der Waals surface area contributed by atoms with Gasteiger partial charge in [-0.1, -0.05) is 22.0 Å². The average Bonchev–Trinajstić information content (AvgIpc) is 2.37. The zero-order valence-electron chi connectivity index (χ0n) is 11.6. The van der Waals surface area contributed by atoms with Crippen LogP contribution >= 0.6 is 15.9 Å². The van der Waals surface area contributed by atoms with Gasteiger partial charge >= 0.3 is 0 Å². The van der Waals surface area contributed by atoms with Crippen LogP contribution in [0.4, 0.5) is 0 Å². The second kappa shape index (κ2) is 7.59. The summed E-state index contributed by atoms with van der Waals surface area (Å²) in [5.41, 5.74) is 3.82. The van der Waals surface area contributed by atoms with Crippen molar-refractivity contribution in [1.82, 2.24) is 15.2 Å². The Morgan fingerprint density at radius 1 is 1.32 bits per heavy atom. The second-order valence-corrected chi connectivity index (χ2v) is 5.68. The summed E-state index contributed by atoms with van der Waals surface area (Å²) in [6.07, 6.45) is 0. The third-order valence-corrected chi connectivity index (χ3v) is 3.55. The van der Waals surface area contributed by atoms with Gasteiger partial charge in [0, 0.05) is 29.7 Å². The smallest absolute Gasteiger partial charge is 0.265 e. The first-order chi connectivity index (χ1) is 8.93. The van der Waals surface area contributed by atoms with Crippen LogP contribution in [-0.4, -0.2) is 49.9 Å². The molecule has 0 aliphatic heterocycles. The number of hydrazine groups is 1. The van der Waals surface area contributed by atoms with Gasteiger partial charge in [-0.05, 0) is 38.8 Å². The van der Waals surface area contributed by atoms with E-state index in [0.717, 1.165) is 29.7 Å². The maximum absolute atomic E-state index is 11.4. The molecule has 0 radical (unpaired) electrons. The number of hydrogen-bond acceptors (Lipinski definition) is 4. The van der Waals surface area contributed by atoms with Gasteiger partial charge in [-0.3, -0.25) is 10.2 Å². The third kappa shape index (κ3) is 5.28. The zero-order chi connectivity index (χ0) is 14.4. The van der Waals surface area contributed by atoms with E-state index in [0.29, 0.717) is 5.56 Å². The number of nitrogens with zero attached hydrogens (tertiary/aromatic N) is 2. The maximum Gasteiger partial charge on any atom is 0.265 e. The number of carbonyl (C=O) groups is 1. The second-order valence-electron chi connectivity index (χ2n) is 4.82. The van der Waals surface area contributed by atoms with Crippen molar-refractivity contribution in [2.24, 2.45) is 5.84 Å². The molecule has 1 aromatic carbocycles. The van der Waals surface area contributed by atoms with Gasteiger partial charge in [0.2, 0.25) is 0 Å². The van der Waals surface area contributed by atoms with Gasteiger partial charge in [0.05, 0.1) is 0 Å². The third-order valence-electron chi connectivity index (χ3n) is 2.82. The molecule has 0 saturated heterocycles. The molecule has 5 nitrogen and oxygen atoms in total. The lowest BCUT2D eigenvalue weighted by molar-refractivity contribution is 0.0953. The van der Waals surface area contributed by atoms with Gasteiger partial charge in [0.15, 0.2) is 0 Å². The maximum atomic E-state index is 11.4. The van der Waals surface area contributed by atoms with Crippen LogP contribution in [0, 0.1) is 0 Å². The minimum Gasteiger partial charge on any atom is -0.308 e. The number of nitrogen functional groups attached to an aromatic ring is 1. The first kappa shape index (κ1) is 16.1. The van der Waals surface area contributed by atoms with Gasteiger partial charge in [0.25, 0.3) is 5.91 Å². The molecule has 3 N–H and O–H groups in total. The van der Waals surface area contributed by atoms with E-state index >= 15 is 0 Å². The molecule has 0 saturated carbocycles. The minimum atomic E-state index is -0.284. The number of likely N-dealkylation sites (N-methyl/N-ethyl adjacent to an activating group) is 2. The van der Waals surface area contributed by atoms with Crippen molar-refractivity contribution in [3.63, 3.8) is 0 Å². The van der Waals surface area contributed by atoms with E-state index in [9.17, 15) is 4.79 Å². The Balaban J connectivity index is 2.67. The number of nitrogens with two attached hydrogens (primary N) is 1. The van der Waals surface area contributed by atoms with E-state index in [1.54, 1.807) is 12.1 Å². The molecular formula is C13H21BrN4O. The molecular weight excluding hydrogens is 308 g/mol. The summed E-state index contributed by atoms with van der Waals surface area (Å²) in [6, 6.07) is 5.51. The highest BCUT2D eigenvalue weighted by molar-refractivity contribution is 9.10. The molecule has 106 valence electrons. The van der Waals surface area contributed by atoms with Gasteiger partial charge in [-0.25, -0.2) is 5.84 Å². The quantitative estimate of drug-likeness (QED) is 0.465. The summed E-state index contributed by atoms with van der Waals surface area (Å²) < 4.78 is 0.922. The number of carbonyl (C=O) groups excluding carboxylic acids is 1. The largest absolute Gasteiger partial charge is 0.308 e. The normalized spacial score (nSPS) is 11.1. The van der Waals surface area contributed by atoms with Gasteiger partial charge in [-0.15, -0.1) is 0 Å². The van der Waals surface area contributed by atoms with E-state index in [1.807, 2.05) is 6.07 Å². The monoisotopic (exact) mass is 328 g/mol. The van der Waals surface area contributed by atoms with Crippen LogP contribution in [0.5, 0.6) is 0 Å². The number of nitrogens with one attached hydrogen (secondary N) is 1. The Labute approximate surface area is 122 Å². The standard InChI is InChI=1S/C13H21BrN4O/c1-17(2)6-7-18(3)9-11-5-4-10(8-12(11)14)13(19)16-15/h4-5,8H,6-7,9,15H2,1-3H3,(H,16,19). The Morgan fingerprint density at radius 2 is 2.00 bits per heavy atom. The van der Waals surface area contributed by atoms with Crippen molar-refractivity contribution in [2.45, 2.75) is 6.54 Å². The first-order valence-electron chi connectivity index (χ1n) is 6.06. The molecule has 0 fully saturated rings. The summed E-state index contributed by atoms with van der Waals surface area (Å²) in [5, 5.41) is 0. The van der Waals surface area contributed by atoms with Crippen LogP contribution in [0.25, 0.3) is 0 Å². The van der Waals surface area contributed by atoms with Crippen molar-refractivity contribution in [3.05, 3.63) is 33.8 Å². The summed E-state index contributed by atoms with van der Waals surface area (Å²) >= 11 is 3.50.